The number of oxazole rings is 1. The molecule has 12 nitrogen and oxygen atoms in total. The number of aromatic carboxylic acids is 1. The second kappa shape index (κ2) is 14.9. The number of likely N-dealkylation sites (tertiary alicyclic amines) is 1. The smallest absolute Gasteiger partial charge is 0.478 e. The number of aliphatic carboxylic acids is 1. The summed E-state index contributed by atoms with van der Waals surface area (Å²) in [4.78, 5) is 39.6. The average Bonchev–Trinajstić information content (AvgIpc) is 3.72. The molecule has 0 bridgehead atoms. The number of hydrogen-bond acceptors (Lipinski definition) is 8. The van der Waals surface area contributed by atoms with Gasteiger partial charge < -0.3 is 23.9 Å². The summed E-state index contributed by atoms with van der Waals surface area (Å²) in [6.07, 6.45) is 1.43. The molecule has 4 heterocycles. The quantitative estimate of drug-likeness (QED) is 0.132. The lowest BCUT2D eigenvalue weighted by Crippen LogP contribution is -2.33. The van der Waals surface area contributed by atoms with Gasteiger partial charge in [-0.05, 0) is 62.2 Å². The average molecular weight is 681 g/mol. The van der Waals surface area contributed by atoms with Gasteiger partial charge in [0.15, 0.2) is 5.69 Å². The maximum Gasteiger partial charge on any atom is 0.490 e. The number of piperidine rings is 1. The molecule has 49 heavy (non-hydrogen) atoms. The number of halogens is 4. The number of imidazole rings is 1. The van der Waals surface area contributed by atoms with E-state index in [-0.39, 0.29) is 23.8 Å². The molecule has 2 N–H and O–H groups in total. The van der Waals surface area contributed by atoms with Crippen LogP contribution in [-0.4, -0.2) is 65.8 Å². The first-order chi connectivity index (χ1) is 23.4. The first-order valence-electron chi connectivity index (χ1n) is 14.8. The van der Waals surface area contributed by atoms with Crippen LogP contribution in [0.3, 0.4) is 0 Å². The van der Waals surface area contributed by atoms with Crippen molar-refractivity contribution >= 4 is 28.7 Å². The number of benzene rings is 2. The van der Waals surface area contributed by atoms with Gasteiger partial charge in [0.2, 0.25) is 11.8 Å². The van der Waals surface area contributed by atoms with Gasteiger partial charge in [0.05, 0.1) is 35.9 Å². The molecule has 3 aromatic heterocycles. The molecule has 2 aromatic carbocycles. The molecule has 0 atom stereocenters. The highest BCUT2D eigenvalue weighted by molar-refractivity contribution is 5.92. The zero-order valence-corrected chi connectivity index (χ0v) is 25.6. The number of rotatable bonds is 9. The number of nitrogens with zero attached hydrogens (tertiary/aromatic N) is 6. The molecule has 5 aromatic rings. The van der Waals surface area contributed by atoms with E-state index < -0.39 is 23.9 Å². The Labute approximate surface area is 276 Å². The van der Waals surface area contributed by atoms with Gasteiger partial charge in [0.25, 0.3) is 0 Å². The number of aromatic nitrogens is 4. The van der Waals surface area contributed by atoms with Crippen LogP contribution in [0.15, 0.2) is 71.6 Å². The van der Waals surface area contributed by atoms with Crippen molar-refractivity contribution in [2.24, 2.45) is 0 Å². The number of ether oxygens (including phenoxy) is 1. The lowest BCUT2D eigenvalue weighted by Gasteiger charge is -2.32. The van der Waals surface area contributed by atoms with Gasteiger partial charge in [-0.2, -0.15) is 13.2 Å². The van der Waals surface area contributed by atoms with Gasteiger partial charge in [-0.15, -0.1) is 0 Å². The summed E-state index contributed by atoms with van der Waals surface area (Å²) in [5, 5.41) is 16.6. The van der Waals surface area contributed by atoms with Gasteiger partial charge in [-0.3, -0.25) is 4.90 Å². The van der Waals surface area contributed by atoms with Crippen molar-refractivity contribution in [1.29, 1.82) is 0 Å². The molecule has 6 rings (SSSR count). The second-order valence-electron chi connectivity index (χ2n) is 11.0. The largest absolute Gasteiger partial charge is 0.490 e. The van der Waals surface area contributed by atoms with E-state index in [1.807, 2.05) is 16.7 Å². The van der Waals surface area contributed by atoms with Crippen molar-refractivity contribution in [3.05, 3.63) is 113 Å². The lowest BCUT2D eigenvalue weighted by molar-refractivity contribution is -0.192. The summed E-state index contributed by atoms with van der Waals surface area (Å²) in [6.45, 7) is 9.63. The molecular formula is C33H28F4N6O6. The van der Waals surface area contributed by atoms with E-state index in [0.29, 0.717) is 35.9 Å². The van der Waals surface area contributed by atoms with E-state index in [0.717, 1.165) is 42.8 Å². The molecule has 16 heteroatoms. The van der Waals surface area contributed by atoms with Crippen LogP contribution >= 0.6 is 0 Å². The number of hydrogen-bond donors (Lipinski definition) is 2. The maximum atomic E-state index is 14.4. The van der Waals surface area contributed by atoms with E-state index in [9.17, 15) is 27.5 Å². The Morgan fingerprint density at radius 2 is 1.80 bits per heavy atom. The van der Waals surface area contributed by atoms with Gasteiger partial charge in [0, 0.05) is 17.3 Å². The van der Waals surface area contributed by atoms with E-state index in [1.54, 1.807) is 42.7 Å². The Kier molecular flexibility index (Phi) is 10.5. The number of fused-ring (bicyclic) bond motifs is 1. The van der Waals surface area contributed by atoms with E-state index in [2.05, 4.69) is 19.7 Å². The lowest BCUT2D eigenvalue weighted by atomic mass is 9.90. The minimum absolute atomic E-state index is 0.0251. The molecule has 1 fully saturated rings. The third-order valence-electron chi connectivity index (χ3n) is 7.82. The highest BCUT2D eigenvalue weighted by atomic mass is 19.4. The van der Waals surface area contributed by atoms with E-state index >= 15 is 0 Å². The SMILES string of the molecule is O=C(O)C(F)(F)F.[C-]#[N+]c1ccc(COc2ncccc2C2CCN(Cc3nc4ccc(C(=O)O)cc4n3Cc3ncco3)CC2)c(F)c1. The Bertz CT molecular complexity index is 1980. The molecular weight excluding hydrogens is 652 g/mol. The molecule has 0 aliphatic carbocycles. The van der Waals surface area contributed by atoms with Crippen LogP contribution in [-0.2, 0) is 24.5 Å². The van der Waals surface area contributed by atoms with Crippen molar-refractivity contribution < 1.29 is 46.5 Å². The number of carboxylic acid groups (broad SMARTS) is 2. The van der Waals surface area contributed by atoms with Crippen molar-refractivity contribution in [2.45, 2.75) is 44.6 Å². The van der Waals surface area contributed by atoms with Gasteiger partial charge in [-0.1, -0.05) is 18.2 Å². The summed E-state index contributed by atoms with van der Waals surface area (Å²) < 4.78 is 59.5. The maximum absolute atomic E-state index is 14.4. The Morgan fingerprint density at radius 3 is 2.43 bits per heavy atom. The molecule has 1 aliphatic heterocycles. The number of alkyl halides is 3. The summed E-state index contributed by atoms with van der Waals surface area (Å²) in [7, 11) is 0. The summed E-state index contributed by atoms with van der Waals surface area (Å²) >= 11 is 0. The monoisotopic (exact) mass is 680 g/mol. The standard InChI is InChI=1S/C31H27FN6O4.C2HF3O2/c1-33-23-6-4-22(25(32)16-23)19-42-30-24(3-2-10-35-30)20-8-12-37(13-9-20)17-28-36-26-7-5-21(31(39)40)15-27(26)38(28)18-29-34-11-14-41-29;3-2(4,5)1(6)7/h2-7,10-11,14-16,20H,8-9,12-13,17-19H2,(H,39,40);(H,6,7). The summed E-state index contributed by atoms with van der Waals surface area (Å²) in [6, 6.07) is 13.2. The fourth-order valence-electron chi connectivity index (χ4n) is 5.37. The van der Waals surface area contributed by atoms with Crippen molar-refractivity contribution in [3.8, 4) is 5.88 Å². The molecule has 254 valence electrons. The Morgan fingerprint density at radius 1 is 1.04 bits per heavy atom. The zero-order valence-electron chi connectivity index (χ0n) is 25.6. The molecule has 0 radical (unpaired) electrons. The highest BCUT2D eigenvalue weighted by Gasteiger charge is 2.38. The van der Waals surface area contributed by atoms with Crippen molar-refractivity contribution in [2.75, 3.05) is 13.1 Å². The van der Waals surface area contributed by atoms with Crippen LogP contribution in [0.2, 0.25) is 0 Å². The molecule has 0 saturated carbocycles. The Hall–Kier alpha value is -5.82. The summed E-state index contributed by atoms with van der Waals surface area (Å²) in [5.41, 5.74) is 3.24. The van der Waals surface area contributed by atoms with Crippen LogP contribution in [0.25, 0.3) is 15.9 Å². The minimum atomic E-state index is -5.08. The Balaban J connectivity index is 0.000000606. The molecule has 1 aliphatic rings. The topological polar surface area (TPSA) is 148 Å². The van der Waals surface area contributed by atoms with E-state index in [1.165, 1.54) is 12.3 Å². The fourth-order valence-corrected chi connectivity index (χ4v) is 5.37. The zero-order chi connectivity index (χ0) is 35.1. The van der Waals surface area contributed by atoms with E-state index in [4.69, 9.17) is 30.6 Å². The van der Waals surface area contributed by atoms with Crippen molar-refractivity contribution in [3.63, 3.8) is 0 Å². The third-order valence-corrected chi connectivity index (χ3v) is 7.82. The number of pyridine rings is 1. The highest BCUT2D eigenvalue weighted by Crippen LogP contribution is 2.34. The molecule has 1 saturated heterocycles. The first-order valence-corrected chi connectivity index (χ1v) is 14.8. The van der Waals surface area contributed by atoms with Gasteiger partial charge in [0.1, 0.15) is 31.1 Å². The third kappa shape index (κ3) is 8.56. The fraction of sp³-hybridized carbons (Fsp3) is 0.273. The van der Waals surface area contributed by atoms with Gasteiger partial charge in [-0.25, -0.2) is 33.8 Å². The molecule has 0 amide bonds. The van der Waals surface area contributed by atoms with Crippen LogP contribution in [0.4, 0.5) is 23.2 Å². The first kappa shape index (κ1) is 34.5. The minimum Gasteiger partial charge on any atom is -0.478 e. The predicted octanol–water partition coefficient (Wildman–Crippen LogP) is 6.45. The predicted molar refractivity (Wildman–Crippen MR) is 164 cm³/mol. The molecule has 0 unspecified atom stereocenters. The van der Waals surface area contributed by atoms with Crippen LogP contribution in [0, 0.1) is 12.4 Å². The normalized spacial score (nSPS) is 13.8. The van der Waals surface area contributed by atoms with Crippen LogP contribution < -0.4 is 4.74 Å². The van der Waals surface area contributed by atoms with Crippen LogP contribution in [0.1, 0.15) is 52.0 Å². The molecule has 0 spiro atoms. The van der Waals surface area contributed by atoms with Crippen molar-refractivity contribution in [1.82, 2.24) is 24.4 Å². The van der Waals surface area contributed by atoms with Crippen LogP contribution in [0.5, 0.6) is 5.88 Å². The number of carboxylic acids is 2. The number of carbonyl (C=O) groups is 2. The summed E-state index contributed by atoms with van der Waals surface area (Å²) in [5.74, 6) is -2.18. The van der Waals surface area contributed by atoms with Gasteiger partial charge >= 0.3 is 18.1 Å². The second-order valence-corrected chi connectivity index (χ2v) is 11.0.